The van der Waals surface area contributed by atoms with Gasteiger partial charge in [-0.1, -0.05) is 6.92 Å². The van der Waals surface area contributed by atoms with Gasteiger partial charge in [0.25, 0.3) is 0 Å². The molecular formula is C13H29N3O. The van der Waals surface area contributed by atoms with E-state index in [0.29, 0.717) is 12.1 Å². The fourth-order valence-corrected chi connectivity index (χ4v) is 3.31. The Hall–Kier alpha value is -0.160. The lowest BCUT2D eigenvalue weighted by Gasteiger charge is -2.43. The van der Waals surface area contributed by atoms with Crippen LogP contribution in [0.2, 0.25) is 0 Å². The lowest BCUT2D eigenvalue weighted by atomic mass is 9.92. The molecule has 3 atom stereocenters. The molecule has 0 amide bonds. The number of nitrogens with two attached hydrogens (primary N) is 1. The minimum Gasteiger partial charge on any atom is -0.383 e. The molecule has 0 aromatic rings. The summed E-state index contributed by atoms with van der Waals surface area (Å²) in [5.41, 5.74) is 6.22. The fraction of sp³-hybridized carbons (Fsp3) is 1.00. The Kier molecular flexibility index (Phi) is 5.38. The molecule has 1 aliphatic rings. The molecule has 0 aromatic carbocycles. The minimum atomic E-state index is 0.126. The first kappa shape index (κ1) is 14.9. The van der Waals surface area contributed by atoms with Crippen LogP contribution in [0.4, 0.5) is 0 Å². The lowest BCUT2D eigenvalue weighted by Crippen LogP contribution is -2.59. The quantitative estimate of drug-likeness (QED) is 0.748. The summed E-state index contributed by atoms with van der Waals surface area (Å²) in [7, 11) is 3.96. The molecule has 0 bridgehead atoms. The van der Waals surface area contributed by atoms with E-state index in [1.54, 1.807) is 7.11 Å². The van der Waals surface area contributed by atoms with E-state index in [4.69, 9.17) is 10.5 Å². The summed E-state index contributed by atoms with van der Waals surface area (Å²) in [5.74, 6) is 0. The van der Waals surface area contributed by atoms with Crippen molar-refractivity contribution in [1.82, 2.24) is 9.80 Å². The Morgan fingerprint density at radius 1 is 1.59 bits per heavy atom. The molecule has 4 nitrogen and oxygen atoms in total. The van der Waals surface area contributed by atoms with Crippen molar-refractivity contribution < 1.29 is 4.74 Å². The second kappa shape index (κ2) is 6.14. The molecule has 1 saturated heterocycles. The second-order valence-corrected chi connectivity index (χ2v) is 5.49. The van der Waals surface area contributed by atoms with Crippen LogP contribution in [-0.4, -0.2) is 67.8 Å². The number of hydrogen-bond donors (Lipinski definition) is 1. The van der Waals surface area contributed by atoms with Crippen molar-refractivity contribution in [2.75, 3.05) is 40.4 Å². The van der Waals surface area contributed by atoms with Crippen molar-refractivity contribution >= 4 is 0 Å². The number of likely N-dealkylation sites (tertiary alicyclic amines) is 1. The van der Waals surface area contributed by atoms with Crippen LogP contribution in [-0.2, 0) is 4.74 Å². The standard InChI is InChI=1S/C13H29N3O/c1-6-16(12(3)8-17-5)13(9-14)7-11(2)15(4)10-13/h11-12H,6-10,14H2,1-5H3. The average molecular weight is 243 g/mol. The van der Waals surface area contributed by atoms with Gasteiger partial charge >= 0.3 is 0 Å². The van der Waals surface area contributed by atoms with Crippen LogP contribution in [0.5, 0.6) is 0 Å². The van der Waals surface area contributed by atoms with E-state index in [0.717, 1.165) is 32.7 Å². The molecule has 2 N–H and O–H groups in total. The van der Waals surface area contributed by atoms with E-state index in [2.05, 4.69) is 37.6 Å². The summed E-state index contributed by atoms with van der Waals surface area (Å²) >= 11 is 0. The van der Waals surface area contributed by atoms with Gasteiger partial charge in [0.1, 0.15) is 0 Å². The molecule has 17 heavy (non-hydrogen) atoms. The molecule has 1 rings (SSSR count). The Morgan fingerprint density at radius 3 is 2.59 bits per heavy atom. The first-order valence-corrected chi connectivity index (χ1v) is 6.66. The number of ether oxygens (including phenoxy) is 1. The zero-order chi connectivity index (χ0) is 13.1. The third-order valence-electron chi connectivity index (χ3n) is 4.24. The molecule has 102 valence electrons. The van der Waals surface area contributed by atoms with Gasteiger partial charge in [-0.2, -0.15) is 0 Å². The van der Waals surface area contributed by atoms with Crippen molar-refractivity contribution in [3.05, 3.63) is 0 Å². The average Bonchev–Trinajstić information content (AvgIpc) is 2.57. The largest absolute Gasteiger partial charge is 0.383 e. The highest BCUT2D eigenvalue weighted by molar-refractivity contribution is 5.03. The summed E-state index contributed by atoms with van der Waals surface area (Å²) < 4.78 is 5.29. The summed E-state index contributed by atoms with van der Waals surface area (Å²) in [6.07, 6.45) is 1.15. The third-order valence-corrected chi connectivity index (χ3v) is 4.24. The highest BCUT2D eigenvalue weighted by Crippen LogP contribution is 2.32. The fourth-order valence-electron chi connectivity index (χ4n) is 3.31. The van der Waals surface area contributed by atoms with Crippen LogP contribution in [0.1, 0.15) is 27.2 Å². The van der Waals surface area contributed by atoms with Gasteiger partial charge in [-0.15, -0.1) is 0 Å². The molecule has 1 fully saturated rings. The molecule has 0 spiro atoms. The summed E-state index contributed by atoms with van der Waals surface area (Å²) in [6.45, 7) is 10.3. The van der Waals surface area contributed by atoms with E-state index in [1.807, 2.05) is 0 Å². The van der Waals surface area contributed by atoms with E-state index in [1.165, 1.54) is 0 Å². The Labute approximate surface area is 106 Å². The maximum atomic E-state index is 6.09. The molecule has 0 aliphatic carbocycles. The molecular weight excluding hydrogens is 214 g/mol. The van der Waals surface area contributed by atoms with Crippen molar-refractivity contribution in [3.8, 4) is 0 Å². The molecule has 4 heteroatoms. The van der Waals surface area contributed by atoms with Gasteiger partial charge in [0.15, 0.2) is 0 Å². The van der Waals surface area contributed by atoms with E-state index >= 15 is 0 Å². The Bertz CT molecular complexity index is 225. The van der Waals surface area contributed by atoms with Crippen molar-refractivity contribution in [2.24, 2.45) is 5.73 Å². The molecule has 0 aromatic heterocycles. The normalized spacial score (nSPS) is 32.3. The predicted molar refractivity (Wildman–Crippen MR) is 72.2 cm³/mol. The topological polar surface area (TPSA) is 41.7 Å². The maximum Gasteiger partial charge on any atom is 0.0615 e. The highest BCUT2D eigenvalue weighted by Gasteiger charge is 2.44. The molecule has 0 radical (unpaired) electrons. The monoisotopic (exact) mass is 243 g/mol. The summed E-state index contributed by atoms with van der Waals surface area (Å²) in [6, 6.07) is 1.04. The van der Waals surface area contributed by atoms with Crippen molar-refractivity contribution in [2.45, 2.75) is 44.8 Å². The number of hydrogen-bond acceptors (Lipinski definition) is 4. The van der Waals surface area contributed by atoms with Gasteiger partial charge in [0, 0.05) is 37.8 Å². The van der Waals surface area contributed by atoms with Gasteiger partial charge in [0.2, 0.25) is 0 Å². The van der Waals surface area contributed by atoms with E-state index < -0.39 is 0 Å². The molecule has 1 aliphatic heterocycles. The van der Waals surface area contributed by atoms with Gasteiger partial charge in [-0.3, -0.25) is 4.90 Å². The van der Waals surface area contributed by atoms with Crippen LogP contribution < -0.4 is 5.73 Å². The van der Waals surface area contributed by atoms with E-state index in [9.17, 15) is 0 Å². The van der Waals surface area contributed by atoms with Gasteiger partial charge < -0.3 is 15.4 Å². The number of likely N-dealkylation sites (N-methyl/N-ethyl adjacent to an activating group) is 2. The van der Waals surface area contributed by atoms with Crippen LogP contribution in [0.3, 0.4) is 0 Å². The Morgan fingerprint density at radius 2 is 2.24 bits per heavy atom. The molecule has 0 saturated carbocycles. The highest BCUT2D eigenvalue weighted by atomic mass is 16.5. The number of nitrogens with zero attached hydrogens (tertiary/aromatic N) is 2. The van der Waals surface area contributed by atoms with Crippen LogP contribution in [0, 0.1) is 0 Å². The molecule has 1 heterocycles. The Balaban J connectivity index is 2.83. The SMILES string of the molecule is CCN(C(C)COC)C1(CN)CC(C)N(C)C1. The smallest absolute Gasteiger partial charge is 0.0615 e. The minimum absolute atomic E-state index is 0.126. The van der Waals surface area contributed by atoms with Crippen LogP contribution in [0.25, 0.3) is 0 Å². The molecule has 3 unspecified atom stereocenters. The van der Waals surface area contributed by atoms with E-state index in [-0.39, 0.29) is 5.54 Å². The van der Waals surface area contributed by atoms with Gasteiger partial charge in [-0.05, 0) is 33.9 Å². The maximum absolute atomic E-state index is 6.09. The second-order valence-electron chi connectivity index (χ2n) is 5.49. The van der Waals surface area contributed by atoms with Crippen molar-refractivity contribution in [3.63, 3.8) is 0 Å². The van der Waals surface area contributed by atoms with Crippen molar-refractivity contribution in [1.29, 1.82) is 0 Å². The summed E-state index contributed by atoms with van der Waals surface area (Å²) in [5, 5.41) is 0. The number of rotatable bonds is 6. The summed E-state index contributed by atoms with van der Waals surface area (Å²) in [4.78, 5) is 4.94. The zero-order valence-corrected chi connectivity index (χ0v) is 12.1. The number of methoxy groups -OCH3 is 1. The zero-order valence-electron chi connectivity index (χ0n) is 12.1. The van der Waals surface area contributed by atoms with Gasteiger partial charge in [0.05, 0.1) is 6.61 Å². The lowest BCUT2D eigenvalue weighted by molar-refractivity contribution is 0.0255. The first-order valence-electron chi connectivity index (χ1n) is 6.66. The predicted octanol–water partition coefficient (Wildman–Crippen LogP) is 0.765. The third kappa shape index (κ3) is 2.99. The van der Waals surface area contributed by atoms with Crippen LogP contribution >= 0.6 is 0 Å². The first-order chi connectivity index (χ1) is 8.00. The van der Waals surface area contributed by atoms with Gasteiger partial charge in [-0.25, -0.2) is 0 Å². The van der Waals surface area contributed by atoms with Crippen LogP contribution in [0.15, 0.2) is 0 Å².